The van der Waals surface area contributed by atoms with Crippen LogP contribution in [0.2, 0.25) is 0 Å². The summed E-state index contributed by atoms with van der Waals surface area (Å²) in [5.41, 5.74) is 7.68. The molecule has 2 amide bonds. The fourth-order valence-corrected chi connectivity index (χ4v) is 2.66. The second-order valence-electron chi connectivity index (χ2n) is 5.70. The lowest BCUT2D eigenvalue weighted by Crippen LogP contribution is -2.33. The van der Waals surface area contributed by atoms with Crippen molar-refractivity contribution in [3.8, 4) is 0 Å². The van der Waals surface area contributed by atoms with Crippen LogP contribution >= 0.6 is 0 Å². The van der Waals surface area contributed by atoms with Gasteiger partial charge in [-0.2, -0.15) is 0 Å². The highest BCUT2D eigenvalue weighted by atomic mass is 16.2. The summed E-state index contributed by atoms with van der Waals surface area (Å²) in [4.78, 5) is 28.8. The number of hydrogen-bond donors (Lipinski definition) is 2. The first-order valence-electron chi connectivity index (χ1n) is 7.83. The monoisotopic (exact) mass is 321 g/mol. The zero-order valence-corrected chi connectivity index (χ0v) is 13.2. The molecule has 122 valence electrons. The fraction of sp³-hybridized carbons (Fsp3) is 0.158. The number of carbonyl (C=O) groups is 2. The predicted octanol–water partition coefficient (Wildman–Crippen LogP) is 2.69. The van der Waals surface area contributed by atoms with Gasteiger partial charge in [0, 0.05) is 30.4 Å². The van der Waals surface area contributed by atoms with Crippen LogP contribution in [-0.2, 0) is 11.3 Å². The summed E-state index contributed by atoms with van der Waals surface area (Å²) in [6.07, 6.45) is 0.138. The van der Waals surface area contributed by atoms with Crippen LogP contribution in [0.4, 0.5) is 0 Å². The van der Waals surface area contributed by atoms with Crippen molar-refractivity contribution < 1.29 is 9.59 Å². The molecule has 0 atom stereocenters. The minimum Gasteiger partial charge on any atom is -0.370 e. The number of carbonyl (C=O) groups excluding carboxylic acids is 2. The van der Waals surface area contributed by atoms with E-state index in [1.165, 1.54) is 0 Å². The Morgan fingerprint density at radius 2 is 1.71 bits per heavy atom. The predicted molar refractivity (Wildman–Crippen MR) is 93.3 cm³/mol. The number of primary amides is 1. The third-order valence-corrected chi connectivity index (χ3v) is 3.89. The summed E-state index contributed by atoms with van der Waals surface area (Å²) in [6.45, 7) is 0.723. The Morgan fingerprint density at radius 1 is 1.00 bits per heavy atom. The number of fused-ring (bicyclic) bond motifs is 1. The van der Waals surface area contributed by atoms with Crippen molar-refractivity contribution in [2.75, 3.05) is 6.54 Å². The van der Waals surface area contributed by atoms with Crippen molar-refractivity contribution in [1.82, 2.24) is 9.88 Å². The lowest BCUT2D eigenvalue weighted by Gasteiger charge is -2.21. The van der Waals surface area contributed by atoms with Gasteiger partial charge in [-0.3, -0.25) is 9.59 Å². The minimum atomic E-state index is -0.419. The summed E-state index contributed by atoms with van der Waals surface area (Å²) in [5.74, 6) is -0.561. The smallest absolute Gasteiger partial charge is 0.270 e. The van der Waals surface area contributed by atoms with Gasteiger partial charge in [0.2, 0.25) is 5.91 Å². The van der Waals surface area contributed by atoms with Gasteiger partial charge in [0.1, 0.15) is 5.69 Å². The SMILES string of the molecule is NC(=O)CCN(Cc1ccccc1)C(=O)c1cc2ccccc2[nH]1. The second-order valence-corrected chi connectivity index (χ2v) is 5.70. The standard InChI is InChI=1S/C19H19N3O2/c20-18(23)10-11-22(13-14-6-2-1-3-7-14)19(24)17-12-15-8-4-5-9-16(15)21-17/h1-9,12,21H,10-11,13H2,(H2,20,23). The molecule has 2 aromatic carbocycles. The van der Waals surface area contributed by atoms with Gasteiger partial charge in [0.05, 0.1) is 0 Å². The van der Waals surface area contributed by atoms with E-state index in [9.17, 15) is 9.59 Å². The van der Waals surface area contributed by atoms with Gasteiger partial charge in [-0.25, -0.2) is 0 Å². The van der Waals surface area contributed by atoms with Gasteiger partial charge < -0.3 is 15.6 Å². The van der Waals surface area contributed by atoms with E-state index in [1.807, 2.05) is 60.7 Å². The van der Waals surface area contributed by atoms with Crippen LogP contribution in [0.3, 0.4) is 0 Å². The number of nitrogens with two attached hydrogens (primary N) is 1. The number of nitrogens with one attached hydrogen (secondary N) is 1. The maximum Gasteiger partial charge on any atom is 0.270 e. The van der Waals surface area contributed by atoms with Crippen molar-refractivity contribution in [3.05, 3.63) is 71.9 Å². The van der Waals surface area contributed by atoms with Crippen LogP contribution in [0.5, 0.6) is 0 Å². The number of nitrogens with zero attached hydrogens (tertiary/aromatic N) is 1. The van der Waals surface area contributed by atoms with Crippen LogP contribution < -0.4 is 5.73 Å². The number of hydrogen-bond acceptors (Lipinski definition) is 2. The lowest BCUT2D eigenvalue weighted by atomic mass is 10.2. The van der Waals surface area contributed by atoms with E-state index in [1.54, 1.807) is 4.90 Å². The van der Waals surface area contributed by atoms with E-state index < -0.39 is 5.91 Å². The van der Waals surface area contributed by atoms with Crippen molar-refractivity contribution in [1.29, 1.82) is 0 Å². The van der Waals surface area contributed by atoms with Crippen LogP contribution in [0.25, 0.3) is 10.9 Å². The van der Waals surface area contributed by atoms with Crippen molar-refractivity contribution >= 4 is 22.7 Å². The number of rotatable bonds is 6. The number of H-pyrrole nitrogens is 1. The van der Waals surface area contributed by atoms with Crippen LogP contribution in [-0.4, -0.2) is 28.2 Å². The van der Waals surface area contributed by atoms with Crippen molar-refractivity contribution in [3.63, 3.8) is 0 Å². The summed E-state index contributed by atoms with van der Waals surface area (Å²) in [6, 6.07) is 19.2. The third kappa shape index (κ3) is 3.63. The number of aromatic amines is 1. The molecular weight excluding hydrogens is 302 g/mol. The molecule has 0 bridgehead atoms. The van der Waals surface area contributed by atoms with Gasteiger partial charge in [-0.1, -0.05) is 48.5 Å². The Kier molecular flexibility index (Phi) is 4.61. The third-order valence-electron chi connectivity index (χ3n) is 3.89. The molecule has 0 saturated carbocycles. The number of para-hydroxylation sites is 1. The summed E-state index contributed by atoms with van der Waals surface area (Å²) < 4.78 is 0. The van der Waals surface area contributed by atoms with Crippen LogP contribution in [0.1, 0.15) is 22.5 Å². The molecule has 0 aliphatic carbocycles. The Balaban J connectivity index is 1.85. The lowest BCUT2D eigenvalue weighted by molar-refractivity contribution is -0.118. The summed E-state index contributed by atoms with van der Waals surface area (Å²) >= 11 is 0. The molecule has 0 saturated heterocycles. The fourth-order valence-electron chi connectivity index (χ4n) is 2.66. The van der Waals surface area contributed by atoms with E-state index in [0.717, 1.165) is 16.5 Å². The van der Waals surface area contributed by atoms with Crippen LogP contribution in [0.15, 0.2) is 60.7 Å². The Hall–Kier alpha value is -3.08. The van der Waals surface area contributed by atoms with E-state index >= 15 is 0 Å². The van der Waals surface area contributed by atoms with E-state index in [-0.39, 0.29) is 12.3 Å². The summed E-state index contributed by atoms with van der Waals surface area (Å²) in [7, 11) is 0. The summed E-state index contributed by atoms with van der Waals surface area (Å²) in [5, 5.41) is 0.982. The zero-order chi connectivity index (χ0) is 16.9. The van der Waals surface area contributed by atoms with Gasteiger partial charge in [0.25, 0.3) is 5.91 Å². The molecule has 1 heterocycles. The van der Waals surface area contributed by atoms with Gasteiger partial charge >= 0.3 is 0 Å². The first-order valence-corrected chi connectivity index (χ1v) is 7.83. The Bertz CT molecular complexity index is 822. The molecular formula is C19H19N3O2. The maximum absolute atomic E-state index is 12.9. The molecule has 24 heavy (non-hydrogen) atoms. The van der Waals surface area contributed by atoms with E-state index in [2.05, 4.69) is 4.98 Å². The van der Waals surface area contributed by atoms with Crippen LogP contribution in [0, 0.1) is 0 Å². The molecule has 0 spiro atoms. The molecule has 3 rings (SSSR count). The van der Waals surface area contributed by atoms with E-state index in [0.29, 0.717) is 18.8 Å². The normalized spacial score (nSPS) is 10.7. The van der Waals surface area contributed by atoms with Crippen molar-refractivity contribution in [2.45, 2.75) is 13.0 Å². The molecule has 5 nitrogen and oxygen atoms in total. The zero-order valence-electron chi connectivity index (χ0n) is 13.2. The molecule has 5 heteroatoms. The Labute approximate surface area is 140 Å². The highest BCUT2D eigenvalue weighted by molar-refractivity contribution is 5.98. The quantitative estimate of drug-likeness (QED) is 0.732. The Morgan fingerprint density at radius 3 is 2.42 bits per heavy atom. The maximum atomic E-state index is 12.9. The first kappa shape index (κ1) is 15.8. The number of aromatic nitrogens is 1. The van der Waals surface area contributed by atoms with E-state index in [4.69, 9.17) is 5.73 Å². The average molecular weight is 321 g/mol. The van der Waals surface area contributed by atoms with Gasteiger partial charge in [0.15, 0.2) is 0 Å². The average Bonchev–Trinajstić information content (AvgIpc) is 3.03. The molecule has 3 aromatic rings. The van der Waals surface area contributed by atoms with Crippen molar-refractivity contribution in [2.24, 2.45) is 5.73 Å². The topological polar surface area (TPSA) is 79.2 Å². The molecule has 0 aliphatic rings. The molecule has 0 radical (unpaired) electrons. The molecule has 0 aliphatic heterocycles. The van der Waals surface area contributed by atoms with Gasteiger partial charge in [-0.15, -0.1) is 0 Å². The first-order chi connectivity index (χ1) is 11.6. The molecule has 0 fully saturated rings. The molecule has 0 unspecified atom stereocenters. The number of benzene rings is 2. The second kappa shape index (κ2) is 7.00. The molecule has 3 N–H and O–H groups in total. The highest BCUT2D eigenvalue weighted by Crippen LogP contribution is 2.17. The minimum absolute atomic E-state index is 0.138. The highest BCUT2D eigenvalue weighted by Gasteiger charge is 2.18. The van der Waals surface area contributed by atoms with Gasteiger partial charge in [-0.05, 0) is 17.7 Å². The molecule has 1 aromatic heterocycles. The number of amides is 2. The largest absolute Gasteiger partial charge is 0.370 e.